The summed E-state index contributed by atoms with van der Waals surface area (Å²) in [6.07, 6.45) is 4.28. The Morgan fingerprint density at radius 1 is 1.06 bits per heavy atom. The summed E-state index contributed by atoms with van der Waals surface area (Å²) < 4.78 is 3.11. The molecule has 182 valence electrons. The van der Waals surface area contributed by atoms with E-state index in [0.717, 1.165) is 26.2 Å². The summed E-state index contributed by atoms with van der Waals surface area (Å²) in [5.74, 6) is 0. The SMILES string of the molecule is CN(Cc1ccccc1)c1cccc(CN2CCC(O)(Cn3cnc4c(cnn4C)c3=O)CC2)c1. The molecule has 35 heavy (non-hydrogen) atoms. The van der Waals surface area contributed by atoms with Crippen molar-refractivity contribution in [2.24, 2.45) is 7.05 Å². The zero-order valence-corrected chi connectivity index (χ0v) is 20.3. The Hall–Kier alpha value is -3.49. The van der Waals surface area contributed by atoms with Gasteiger partial charge in [0.05, 0.1) is 18.3 Å². The molecule has 1 aliphatic heterocycles. The first-order valence-electron chi connectivity index (χ1n) is 12.1. The predicted molar refractivity (Wildman–Crippen MR) is 137 cm³/mol. The minimum atomic E-state index is -0.921. The lowest BCUT2D eigenvalue weighted by molar-refractivity contribution is -0.0364. The van der Waals surface area contributed by atoms with Gasteiger partial charge in [0, 0.05) is 46.0 Å². The Morgan fingerprint density at radius 2 is 1.80 bits per heavy atom. The molecule has 3 heterocycles. The number of likely N-dealkylation sites (tertiary alicyclic amines) is 1. The standard InChI is InChI=1S/C27H32N6O2/c1-30(17-21-7-4-3-5-8-21)23-10-6-9-22(15-23)18-32-13-11-27(35,12-14-32)19-33-20-28-25-24(26(33)34)16-29-31(25)2/h3-10,15-16,20,35H,11-14,17-19H2,1-2H3. The first-order valence-corrected chi connectivity index (χ1v) is 12.1. The van der Waals surface area contributed by atoms with Crippen LogP contribution in [0.25, 0.3) is 11.0 Å². The maximum atomic E-state index is 12.8. The van der Waals surface area contributed by atoms with Crippen molar-refractivity contribution in [1.82, 2.24) is 24.2 Å². The largest absolute Gasteiger partial charge is 0.388 e. The fourth-order valence-electron chi connectivity index (χ4n) is 4.88. The van der Waals surface area contributed by atoms with Crippen molar-refractivity contribution in [2.45, 2.75) is 38.1 Å². The molecular weight excluding hydrogens is 440 g/mol. The van der Waals surface area contributed by atoms with Gasteiger partial charge in [0.15, 0.2) is 5.65 Å². The number of fused-ring (bicyclic) bond motifs is 1. The zero-order chi connectivity index (χ0) is 24.4. The van der Waals surface area contributed by atoms with Gasteiger partial charge in [-0.2, -0.15) is 5.10 Å². The van der Waals surface area contributed by atoms with Gasteiger partial charge < -0.3 is 10.0 Å². The van der Waals surface area contributed by atoms with Gasteiger partial charge in [0.25, 0.3) is 5.56 Å². The summed E-state index contributed by atoms with van der Waals surface area (Å²) in [6, 6.07) is 19.1. The van der Waals surface area contributed by atoms with Gasteiger partial charge in [-0.15, -0.1) is 0 Å². The van der Waals surface area contributed by atoms with E-state index in [-0.39, 0.29) is 12.1 Å². The highest BCUT2D eigenvalue weighted by molar-refractivity contribution is 5.72. The molecular formula is C27H32N6O2. The van der Waals surface area contributed by atoms with E-state index in [4.69, 9.17) is 0 Å². The van der Waals surface area contributed by atoms with E-state index in [1.54, 1.807) is 17.9 Å². The first-order chi connectivity index (χ1) is 16.9. The summed E-state index contributed by atoms with van der Waals surface area (Å²) in [6.45, 7) is 3.50. The molecule has 1 N–H and O–H groups in total. The van der Waals surface area contributed by atoms with Crippen molar-refractivity contribution in [3.8, 4) is 0 Å². The number of nitrogens with zero attached hydrogens (tertiary/aromatic N) is 6. The molecule has 5 rings (SSSR count). The number of aliphatic hydroxyl groups is 1. The Labute approximate surface area is 205 Å². The minimum absolute atomic E-state index is 0.157. The lowest BCUT2D eigenvalue weighted by Gasteiger charge is -2.38. The third-order valence-corrected chi connectivity index (χ3v) is 6.99. The number of piperidine rings is 1. The second-order valence-corrected chi connectivity index (χ2v) is 9.70. The van der Waals surface area contributed by atoms with E-state index >= 15 is 0 Å². The minimum Gasteiger partial charge on any atom is -0.388 e. The predicted octanol–water partition coefficient (Wildman–Crippen LogP) is 2.79. The van der Waals surface area contributed by atoms with Crippen LogP contribution in [-0.2, 0) is 26.7 Å². The summed E-state index contributed by atoms with van der Waals surface area (Å²) in [5, 5.41) is 15.8. The highest BCUT2D eigenvalue weighted by Crippen LogP contribution is 2.26. The number of rotatable bonds is 7. The number of aromatic nitrogens is 4. The van der Waals surface area contributed by atoms with Crippen LogP contribution in [0, 0.1) is 0 Å². The Bertz CT molecular complexity index is 1360. The molecule has 8 heteroatoms. The van der Waals surface area contributed by atoms with Crippen LogP contribution in [0.5, 0.6) is 0 Å². The quantitative estimate of drug-likeness (QED) is 0.446. The second kappa shape index (κ2) is 9.64. The molecule has 2 aromatic heterocycles. The van der Waals surface area contributed by atoms with Crippen molar-refractivity contribution in [3.63, 3.8) is 0 Å². The number of hydrogen-bond acceptors (Lipinski definition) is 6. The van der Waals surface area contributed by atoms with E-state index in [2.05, 4.69) is 75.5 Å². The van der Waals surface area contributed by atoms with E-state index in [1.165, 1.54) is 27.7 Å². The number of benzene rings is 2. The van der Waals surface area contributed by atoms with Gasteiger partial charge in [-0.1, -0.05) is 42.5 Å². The van der Waals surface area contributed by atoms with Gasteiger partial charge in [-0.05, 0) is 36.1 Å². The Kier molecular flexibility index (Phi) is 6.40. The highest BCUT2D eigenvalue weighted by atomic mass is 16.3. The zero-order valence-electron chi connectivity index (χ0n) is 20.3. The number of aryl methyl sites for hydroxylation is 1. The van der Waals surface area contributed by atoms with E-state index < -0.39 is 5.60 Å². The normalized spacial score (nSPS) is 16.0. The Morgan fingerprint density at radius 3 is 2.57 bits per heavy atom. The molecule has 0 bridgehead atoms. The van der Waals surface area contributed by atoms with Crippen molar-refractivity contribution < 1.29 is 5.11 Å². The van der Waals surface area contributed by atoms with Crippen LogP contribution in [0.4, 0.5) is 5.69 Å². The fourth-order valence-corrected chi connectivity index (χ4v) is 4.88. The van der Waals surface area contributed by atoms with Gasteiger partial charge in [0.1, 0.15) is 11.7 Å². The van der Waals surface area contributed by atoms with Crippen molar-refractivity contribution in [1.29, 1.82) is 0 Å². The molecule has 4 aromatic rings. The highest BCUT2D eigenvalue weighted by Gasteiger charge is 2.33. The van der Waals surface area contributed by atoms with Gasteiger partial charge in [-0.25, -0.2) is 4.98 Å². The second-order valence-electron chi connectivity index (χ2n) is 9.70. The van der Waals surface area contributed by atoms with Crippen LogP contribution in [0.15, 0.2) is 71.9 Å². The Balaban J connectivity index is 1.20. The third kappa shape index (κ3) is 5.13. The third-order valence-electron chi connectivity index (χ3n) is 6.99. The average Bonchev–Trinajstić information content (AvgIpc) is 3.24. The van der Waals surface area contributed by atoms with Crippen molar-refractivity contribution in [2.75, 3.05) is 25.0 Å². The monoisotopic (exact) mass is 472 g/mol. The van der Waals surface area contributed by atoms with Crippen LogP contribution in [0.3, 0.4) is 0 Å². The van der Waals surface area contributed by atoms with E-state index in [9.17, 15) is 9.90 Å². The molecule has 0 unspecified atom stereocenters. The summed E-state index contributed by atoms with van der Waals surface area (Å²) in [5.41, 5.74) is 3.22. The summed E-state index contributed by atoms with van der Waals surface area (Å²) in [7, 11) is 3.88. The lowest BCUT2D eigenvalue weighted by Crippen LogP contribution is -2.47. The van der Waals surface area contributed by atoms with Crippen molar-refractivity contribution in [3.05, 3.63) is 88.6 Å². The van der Waals surface area contributed by atoms with Crippen LogP contribution in [-0.4, -0.2) is 55.1 Å². The van der Waals surface area contributed by atoms with Gasteiger partial charge >= 0.3 is 0 Å². The van der Waals surface area contributed by atoms with Gasteiger partial charge in [0.2, 0.25) is 0 Å². The molecule has 1 saturated heterocycles. The summed E-state index contributed by atoms with van der Waals surface area (Å²) in [4.78, 5) is 21.8. The maximum Gasteiger partial charge on any atom is 0.264 e. The maximum absolute atomic E-state index is 12.8. The summed E-state index contributed by atoms with van der Waals surface area (Å²) >= 11 is 0. The smallest absolute Gasteiger partial charge is 0.264 e. The molecule has 1 fully saturated rings. The molecule has 0 spiro atoms. The van der Waals surface area contributed by atoms with E-state index in [1.807, 2.05) is 6.07 Å². The molecule has 0 radical (unpaired) electrons. The van der Waals surface area contributed by atoms with Crippen LogP contribution in [0.2, 0.25) is 0 Å². The van der Waals surface area contributed by atoms with Crippen LogP contribution in [0.1, 0.15) is 24.0 Å². The number of hydrogen-bond donors (Lipinski definition) is 1. The van der Waals surface area contributed by atoms with Crippen LogP contribution >= 0.6 is 0 Å². The molecule has 8 nitrogen and oxygen atoms in total. The number of anilines is 1. The molecule has 0 atom stereocenters. The topological polar surface area (TPSA) is 79.4 Å². The lowest BCUT2D eigenvalue weighted by atomic mass is 9.91. The first kappa shape index (κ1) is 23.3. The van der Waals surface area contributed by atoms with E-state index in [0.29, 0.717) is 23.9 Å². The molecule has 1 aliphatic rings. The molecule has 2 aromatic carbocycles. The fraction of sp³-hybridized carbons (Fsp3) is 0.370. The van der Waals surface area contributed by atoms with Crippen LogP contribution < -0.4 is 10.5 Å². The van der Waals surface area contributed by atoms with Crippen molar-refractivity contribution >= 4 is 16.7 Å². The molecule has 0 aliphatic carbocycles. The average molecular weight is 473 g/mol. The molecule has 0 amide bonds. The molecule has 0 saturated carbocycles. The van der Waals surface area contributed by atoms with Gasteiger partial charge in [-0.3, -0.25) is 18.9 Å².